The zero-order valence-corrected chi connectivity index (χ0v) is 8.27. The second kappa shape index (κ2) is 5.21. The lowest BCUT2D eigenvalue weighted by molar-refractivity contribution is 0.0693. The molecule has 0 saturated carbocycles. The standard InChI is InChI=1S/C10H12O5/c1-14-4-5-15-7-2-3-9(11)8(6-7)10(12)13/h2-3,6,11H,4-5H2,1H3,(H,12,13). The molecule has 0 radical (unpaired) electrons. The molecule has 0 fully saturated rings. The average Bonchev–Trinajstić information content (AvgIpc) is 2.20. The zero-order valence-electron chi connectivity index (χ0n) is 8.27. The van der Waals surface area contributed by atoms with Crippen LogP contribution in [0.3, 0.4) is 0 Å². The molecule has 0 amide bonds. The predicted octanol–water partition coefficient (Wildman–Crippen LogP) is 1.12. The highest BCUT2D eigenvalue weighted by Crippen LogP contribution is 2.22. The number of rotatable bonds is 5. The summed E-state index contributed by atoms with van der Waals surface area (Å²) in [6.07, 6.45) is 0. The number of phenols is 1. The van der Waals surface area contributed by atoms with Crippen LogP contribution in [0.5, 0.6) is 11.5 Å². The molecule has 82 valence electrons. The Hall–Kier alpha value is -1.75. The number of benzene rings is 1. The maximum Gasteiger partial charge on any atom is 0.339 e. The number of carbonyl (C=O) groups is 1. The minimum Gasteiger partial charge on any atom is -0.507 e. The summed E-state index contributed by atoms with van der Waals surface area (Å²) in [4.78, 5) is 10.7. The lowest BCUT2D eigenvalue weighted by Crippen LogP contribution is -2.05. The number of hydrogen-bond acceptors (Lipinski definition) is 4. The van der Waals surface area contributed by atoms with Crippen molar-refractivity contribution in [1.29, 1.82) is 0 Å². The quantitative estimate of drug-likeness (QED) is 0.715. The maximum absolute atomic E-state index is 10.7. The van der Waals surface area contributed by atoms with Crippen LogP contribution in [0.15, 0.2) is 18.2 Å². The molecular weight excluding hydrogens is 200 g/mol. The molecule has 0 heterocycles. The summed E-state index contributed by atoms with van der Waals surface area (Å²) >= 11 is 0. The van der Waals surface area contributed by atoms with Gasteiger partial charge in [-0.25, -0.2) is 4.79 Å². The van der Waals surface area contributed by atoms with Crippen molar-refractivity contribution in [2.24, 2.45) is 0 Å². The van der Waals surface area contributed by atoms with E-state index in [0.717, 1.165) is 0 Å². The van der Waals surface area contributed by atoms with Gasteiger partial charge in [-0.1, -0.05) is 0 Å². The molecule has 0 aromatic heterocycles. The van der Waals surface area contributed by atoms with Crippen molar-refractivity contribution >= 4 is 5.97 Å². The van der Waals surface area contributed by atoms with E-state index in [1.54, 1.807) is 7.11 Å². The van der Waals surface area contributed by atoms with Gasteiger partial charge in [0.2, 0.25) is 0 Å². The second-order valence-electron chi connectivity index (χ2n) is 2.83. The highest BCUT2D eigenvalue weighted by molar-refractivity contribution is 5.91. The highest BCUT2D eigenvalue weighted by Gasteiger charge is 2.10. The summed E-state index contributed by atoms with van der Waals surface area (Å²) in [7, 11) is 1.54. The van der Waals surface area contributed by atoms with Gasteiger partial charge in [-0.2, -0.15) is 0 Å². The van der Waals surface area contributed by atoms with Crippen LogP contribution < -0.4 is 4.74 Å². The topological polar surface area (TPSA) is 76.0 Å². The Balaban J connectivity index is 2.74. The molecule has 15 heavy (non-hydrogen) atoms. The van der Waals surface area contributed by atoms with Gasteiger partial charge in [0, 0.05) is 7.11 Å². The Bertz CT molecular complexity index is 348. The van der Waals surface area contributed by atoms with Gasteiger partial charge in [0.25, 0.3) is 0 Å². The van der Waals surface area contributed by atoms with Gasteiger partial charge in [-0.05, 0) is 18.2 Å². The number of carboxylic acids is 1. The normalized spacial score (nSPS) is 9.93. The van der Waals surface area contributed by atoms with Crippen molar-refractivity contribution in [3.8, 4) is 11.5 Å². The van der Waals surface area contributed by atoms with Crippen LogP contribution in [0.2, 0.25) is 0 Å². The van der Waals surface area contributed by atoms with Crippen molar-refractivity contribution in [1.82, 2.24) is 0 Å². The van der Waals surface area contributed by atoms with Crippen LogP contribution in [0.1, 0.15) is 10.4 Å². The van der Waals surface area contributed by atoms with Crippen molar-refractivity contribution in [2.75, 3.05) is 20.3 Å². The smallest absolute Gasteiger partial charge is 0.339 e. The molecule has 0 bridgehead atoms. The lowest BCUT2D eigenvalue weighted by Gasteiger charge is -2.06. The number of aromatic carboxylic acids is 1. The predicted molar refractivity (Wildman–Crippen MR) is 52.4 cm³/mol. The van der Waals surface area contributed by atoms with Gasteiger partial charge in [0.15, 0.2) is 0 Å². The minimum absolute atomic E-state index is 0.176. The molecule has 0 aliphatic heterocycles. The van der Waals surface area contributed by atoms with Gasteiger partial charge in [0.05, 0.1) is 6.61 Å². The van der Waals surface area contributed by atoms with Crippen molar-refractivity contribution < 1.29 is 24.5 Å². The summed E-state index contributed by atoms with van der Waals surface area (Å²) in [5.41, 5.74) is -0.176. The van der Waals surface area contributed by atoms with E-state index in [4.69, 9.17) is 14.6 Å². The molecule has 0 spiro atoms. The maximum atomic E-state index is 10.7. The Morgan fingerprint density at radius 1 is 1.40 bits per heavy atom. The lowest BCUT2D eigenvalue weighted by atomic mass is 10.2. The fraction of sp³-hybridized carbons (Fsp3) is 0.300. The molecule has 0 atom stereocenters. The number of hydrogen-bond donors (Lipinski definition) is 2. The van der Waals surface area contributed by atoms with Crippen LogP contribution in [0.4, 0.5) is 0 Å². The summed E-state index contributed by atoms with van der Waals surface area (Å²) in [5, 5.41) is 17.9. The zero-order chi connectivity index (χ0) is 11.3. The fourth-order valence-electron chi connectivity index (χ4n) is 1.02. The molecule has 1 aromatic carbocycles. The number of ether oxygens (including phenoxy) is 2. The molecular formula is C10H12O5. The summed E-state index contributed by atoms with van der Waals surface area (Å²) in [6.45, 7) is 0.754. The first kappa shape index (κ1) is 11.3. The van der Waals surface area contributed by atoms with E-state index in [0.29, 0.717) is 19.0 Å². The number of carboxylic acid groups (broad SMARTS) is 1. The third kappa shape index (κ3) is 3.14. The van der Waals surface area contributed by atoms with Crippen LogP contribution >= 0.6 is 0 Å². The van der Waals surface area contributed by atoms with E-state index < -0.39 is 5.97 Å². The fourth-order valence-corrected chi connectivity index (χ4v) is 1.02. The van der Waals surface area contributed by atoms with Crippen molar-refractivity contribution in [3.05, 3.63) is 23.8 Å². The van der Waals surface area contributed by atoms with Crippen LogP contribution in [0, 0.1) is 0 Å². The van der Waals surface area contributed by atoms with E-state index in [-0.39, 0.29) is 11.3 Å². The van der Waals surface area contributed by atoms with Gasteiger partial charge in [-0.15, -0.1) is 0 Å². The van der Waals surface area contributed by atoms with E-state index in [9.17, 15) is 9.90 Å². The summed E-state index contributed by atoms with van der Waals surface area (Å²) < 4.78 is 9.97. The Morgan fingerprint density at radius 3 is 2.73 bits per heavy atom. The van der Waals surface area contributed by atoms with Crippen LogP contribution in [-0.2, 0) is 4.74 Å². The third-order valence-electron chi connectivity index (χ3n) is 1.75. The monoisotopic (exact) mass is 212 g/mol. The Labute approximate surface area is 86.9 Å². The van der Waals surface area contributed by atoms with E-state index in [1.807, 2.05) is 0 Å². The summed E-state index contributed by atoms with van der Waals surface area (Å²) in [5.74, 6) is -1.08. The average molecular weight is 212 g/mol. The van der Waals surface area contributed by atoms with E-state index >= 15 is 0 Å². The summed E-state index contributed by atoms with van der Waals surface area (Å²) in [6, 6.07) is 4.05. The number of aromatic hydroxyl groups is 1. The largest absolute Gasteiger partial charge is 0.507 e. The Kier molecular flexibility index (Phi) is 3.93. The first-order chi connectivity index (χ1) is 7.15. The molecule has 0 unspecified atom stereocenters. The first-order valence-corrected chi connectivity index (χ1v) is 4.33. The first-order valence-electron chi connectivity index (χ1n) is 4.33. The van der Waals surface area contributed by atoms with Crippen LogP contribution in [-0.4, -0.2) is 36.5 Å². The van der Waals surface area contributed by atoms with Crippen LogP contribution in [0.25, 0.3) is 0 Å². The molecule has 0 aliphatic rings. The molecule has 1 rings (SSSR count). The Morgan fingerprint density at radius 2 is 2.13 bits per heavy atom. The van der Waals surface area contributed by atoms with Crippen molar-refractivity contribution in [3.63, 3.8) is 0 Å². The highest BCUT2D eigenvalue weighted by atomic mass is 16.5. The second-order valence-corrected chi connectivity index (χ2v) is 2.83. The molecule has 0 saturated heterocycles. The van der Waals surface area contributed by atoms with E-state index in [2.05, 4.69) is 0 Å². The SMILES string of the molecule is COCCOc1ccc(O)c(C(=O)O)c1. The molecule has 5 nitrogen and oxygen atoms in total. The molecule has 5 heteroatoms. The van der Waals surface area contributed by atoms with Crippen molar-refractivity contribution in [2.45, 2.75) is 0 Å². The molecule has 0 aliphatic carbocycles. The van der Waals surface area contributed by atoms with Gasteiger partial charge < -0.3 is 19.7 Å². The van der Waals surface area contributed by atoms with Gasteiger partial charge in [-0.3, -0.25) is 0 Å². The molecule has 2 N–H and O–H groups in total. The third-order valence-corrected chi connectivity index (χ3v) is 1.75. The van der Waals surface area contributed by atoms with Gasteiger partial charge >= 0.3 is 5.97 Å². The van der Waals surface area contributed by atoms with E-state index in [1.165, 1.54) is 18.2 Å². The minimum atomic E-state index is -1.19. The molecule has 1 aromatic rings. The number of methoxy groups -OCH3 is 1. The van der Waals surface area contributed by atoms with Gasteiger partial charge in [0.1, 0.15) is 23.7 Å².